The highest BCUT2D eigenvalue weighted by Crippen LogP contribution is 2.35. The number of ether oxygens (including phenoxy) is 2. The highest BCUT2D eigenvalue weighted by Gasteiger charge is 2.45. The van der Waals surface area contributed by atoms with E-state index in [0.717, 1.165) is 30.5 Å². The summed E-state index contributed by atoms with van der Waals surface area (Å²) in [5.74, 6) is -5.44. The van der Waals surface area contributed by atoms with Gasteiger partial charge in [-0.05, 0) is 88.4 Å². The van der Waals surface area contributed by atoms with Crippen molar-refractivity contribution in [1.82, 2.24) is 9.88 Å². The third-order valence-corrected chi connectivity index (χ3v) is 7.39. The first-order chi connectivity index (χ1) is 21.6. The Labute approximate surface area is 263 Å². The number of anilines is 1. The number of aromatic nitrogens is 1. The molecule has 14 heteroatoms. The van der Waals surface area contributed by atoms with Gasteiger partial charge in [-0.25, -0.2) is 22.4 Å². The molecule has 1 fully saturated rings. The van der Waals surface area contributed by atoms with Crippen LogP contribution in [0, 0.1) is 23.3 Å². The molecule has 4 rings (SSSR count). The number of carbonyl (C=O) groups excluding carboxylic acids is 2. The van der Waals surface area contributed by atoms with E-state index in [0.29, 0.717) is 6.07 Å². The first-order valence-electron chi connectivity index (χ1n) is 14.4. The molecule has 3 aromatic rings. The minimum Gasteiger partial charge on any atom is -0.444 e. The average molecular weight is 643 g/mol. The number of azide groups is 1. The lowest BCUT2D eigenvalue weighted by molar-refractivity contribution is -0.117. The van der Waals surface area contributed by atoms with Crippen molar-refractivity contribution in [2.45, 2.75) is 76.8 Å². The first-order valence-corrected chi connectivity index (χ1v) is 14.4. The van der Waals surface area contributed by atoms with Gasteiger partial charge in [0.2, 0.25) is 5.91 Å². The number of nitrogens with zero attached hydrogens (tertiary/aromatic N) is 5. The van der Waals surface area contributed by atoms with E-state index < -0.39 is 64.6 Å². The summed E-state index contributed by atoms with van der Waals surface area (Å²) in [5, 5.41) is 6.18. The van der Waals surface area contributed by atoms with Gasteiger partial charge in [-0.1, -0.05) is 17.2 Å². The predicted octanol–water partition coefficient (Wildman–Crippen LogP) is 7.39. The largest absolute Gasteiger partial charge is 0.444 e. The maximum Gasteiger partial charge on any atom is 0.412 e. The Kier molecular flexibility index (Phi) is 10.2. The summed E-state index contributed by atoms with van der Waals surface area (Å²) in [6.45, 7) is 8.80. The molecule has 244 valence electrons. The summed E-state index contributed by atoms with van der Waals surface area (Å²) in [7, 11) is 0. The number of hydrogen-bond acceptors (Lipinski definition) is 6. The van der Waals surface area contributed by atoms with Gasteiger partial charge in [-0.15, -0.1) is 0 Å². The number of hydrogen-bond donors (Lipinski definition) is 1. The molecule has 2 heterocycles. The topological polar surface area (TPSA) is 130 Å². The minimum atomic E-state index is -1.65. The van der Waals surface area contributed by atoms with Crippen LogP contribution in [0.3, 0.4) is 0 Å². The van der Waals surface area contributed by atoms with Crippen molar-refractivity contribution in [3.63, 3.8) is 0 Å². The lowest BCUT2D eigenvalue weighted by Gasteiger charge is -2.35. The molecule has 1 N–H and O–H groups in total. The lowest BCUT2D eigenvalue weighted by Crippen LogP contribution is -2.50. The SMILES string of the molecule is CC(C)(C)OC(=O)N1[C@@H](CCc2c(F)cncc2NC(=O)[C@@H](N=[N+]=[N-])C(c2ccc(F)cc2)c2cc(F)cc(F)c2)COC1(C)C. The van der Waals surface area contributed by atoms with Crippen molar-refractivity contribution in [3.8, 4) is 0 Å². The molecule has 0 bridgehead atoms. The van der Waals surface area contributed by atoms with Gasteiger partial charge in [0, 0.05) is 22.5 Å². The molecule has 0 radical (unpaired) electrons. The third kappa shape index (κ3) is 8.12. The van der Waals surface area contributed by atoms with E-state index in [4.69, 9.17) is 9.47 Å². The Morgan fingerprint density at radius 1 is 1.09 bits per heavy atom. The summed E-state index contributed by atoms with van der Waals surface area (Å²) in [5.41, 5.74) is 7.79. The van der Waals surface area contributed by atoms with Gasteiger partial charge in [0.1, 0.15) is 40.6 Å². The summed E-state index contributed by atoms with van der Waals surface area (Å²) in [4.78, 5) is 34.9. The molecule has 1 saturated heterocycles. The summed E-state index contributed by atoms with van der Waals surface area (Å²) in [6.07, 6.45) is 1.82. The zero-order valence-electron chi connectivity index (χ0n) is 25.9. The Morgan fingerprint density at radius 3 is 2.35 bits per heavy atom. The third-order valence-electron chi connectivity index (χ3n) is 7.39. The van der Waals surface area contributed by atoms with Crippen molar-refractivity contribution in [2.75, 3.05) is 11.9 Å². The molecular formula is C32H34F4N6O4. The fourth-order valence-corrected chi connectivity index (χ4v) is 5.43. The molecule has 1 aliphatic rings. The lowest BCUT2D eigenvalue weighted by atomic mass is 9.84. The summed E-state index contributed by atoms with van der Waals surface area (Å²) < 4.78 is 69.0. The van der Waals surface area contributed by atoms with E-state index in [1.807, 2.05) is 0 Å². The highest BCUT2D eigenvalue weighted by atomic mass is 19.1. The second kappa shape index (κ2) is 13.8. The number of amides is 2. The van der Waals surface area contributed by atoms with Crippen LogP contribution < -0.4 is 5.32 Å². The Morgan fingerprint density at radius 2 is 1.74 bits per heavy atom. The van der Waals surface area contributed by atoms with Crippen molar-refractivity contribution < 1.29 is 36.6 Å². The van der Waals surface area contributed by atoms with E-state index in [1.165, 1.54) is 23.2 Å². The van der Waals surface area contributed by atoms with Crippen LogP contribution >= 0.6 is 0 Å². The monoisotopic (exact) mass is 642 g/mol. The average Bonchev–Trinajstić information content (AvgIpc) is 3.25. The van der Waals surface area contributed by atoms with Crippen molar-refractivity contribution in [2.24, 2.45) is 5.11 Å². The quantitative estimate of drug-likeness (QED) is 0.113. The predicted molar refractivity (Wildman–Crippen MR) is 161 cm³/mol. The van der Waals surface area contributed by atoms with Crippen LogP contribution in [0.25, 0.3) is 10.4 Å². The van der Waals surface area contributed by atoms with Gasteiger partial charge in [0.25, 0.3) is 0 Å². The molecule has 1 unspecified atom stereocenters. The first kappa shape index (κ1) is 34.2. The Hall–Kier alpha value is -4.68. The molecule has 1 aromatic heterocycles. The van der Waals surface area contributed by atoms with Gasteiger partial charge in [0.05, 0.1) is 30.7 Å². The van der Waals surface area contributed by atoms with Crippen molar-refractivity contribution in [1.29, 1.82) is 0 Å². The van der Waals surface area contributed by atoms with E-state index >= 15 is 4.39 Å². The molecule has 10 nitrogen and oxygen atoms in total. The molecule has 0 aliphatic carbocycles. The number of pyridine rings is 1. The normalized spacial score (nSPS) is 17.2. The van der Waals surface area contributed by atoms with Gasteiger partial charge < -0.3 is 14.8 Å². The van der Waals surface area contributed by atoms with Crippen LogP contribution in [0.1, 0.15) is 63.6 Å². The van der Waals surface area contributed by atoms with Gasteiger partial charge >= 0.3 is 6.09 Å². The zero-order valence-corrected chi connectivity index (χ0v) is 25.9. The second-order valence-electron chi connectivity index (χ2n) is 12.3. The molecule has 3 atom stereocenters. The fraction of sp³-hybridized carbons (Fsp3) is 0.406. The maximum absolute atomic E-state index is 15.2. The Bertz CT molecular complexity index is 1620. The van der Waals surface area contributed by atoms with Crippen molar-refractivity contribution in [3.05, 3.63) is 105 Å². The van der Waals surface area contributed by atoms with Crippen LogP contribution in [0.2, 0.25) is 0 Å². The number of nitrogens with one attached hydrogen (secondary N) is 1. The van der Waals surface area contributed by atoms with E-state index in [-0.39, 0.29) is 41.8 Å². The number of halogens is 4. The van der Waals surface area contributed by atoms with Crippen molar-refractivity contribution >= 4 is 17.7 Å². The van der Waals surface area contributed by atoms with E-state index in [1.54, 1.807) is 34.6 Å². The minimum absolute atomic E-state index is 0.0239. The molecule has 0 spiro atoms. The molecule has 1 aliphatic heterocycles. The summed E-state index contributed by atoms with van der Waals surface area (Å²) in [6, 6.07) is 5.21. The highest BCUT2D eigenvalue weighted by molar-refractivity contribution is 5.96. The van der Waals surface area contributed by atoms with Crippen LogP contribution in [0.15, 0.2) is 60.0 Å². The zero-order chi connectivity index (χ0) is 33.8. The van der Waals surface area contributed by atoms with Gasteiger partial charge in [0.15, 0.2) is 0 Å². The number of benzene rings is 2. The molecule has 2 aromatic carbocycles. The van der Waals surface area contributed by atoms with Crippen LogP contribution in [-0.2, 0) is 20.7 Å². The smallest absolute Gasteiger partial charge is 0.412 e. The van der Waals surface area contributed by atoms with E-state index in [2.05, 4.69) is 20.3 Å². The molecule has 46 heavy (non-hydrogen) atoms. The maximum atomic E-state index is 15.2. The van der Waals surface area contributed by atoms with Gasteiger partial charge in [-0.3, -0.25) is 14.7 Å². The Balaban J connectivity index is 1.64. The summed E-state index contributed by atoms with van der Waals surface area (Å²) >= 11 is 0. The molecule has 0 saturated carbocycles. The number of carbonyl (C=O) groups is 2. The van der Waals surface area contributed by atoms with Crippen LogP contribution in [0.4, 0.5) is 28.0 Å². The molecular weight excluding hydrogens is 608 g/mol. The standard InChI is InChI=1S/C32H34F4N6O4/c1-31(2,3)46-30(44)42-23(17-45-32(42,4)5)10-11-24-25(36)15-38-16-26(24)39-29(43)28(40-41-37)27(18-6-8-20(33)9-7-18)19-12-21(34)14-22(35)13-19/h6-9,12-16,23,27-28H,10-11,17H2,1-5H3,(H,39,43)/t23-,27?,28-/m0/s1. The van der Waals surface area contributed by atoms with Gasteiger partial charge in [-0.2, -0.15) is 0 Å². The fourth-order valence-electron chi connectivity index (χ4n) is 5.43. The molecule has 2 amide bonds. The number of rotatable bonds is 9. The van der Waals surface area contributed by atoms with Crippen LogP contribution in [0.5, 0.6) is 0 Å². The van der Waals surface area contributed by atoms with Crippen LogP contribution in [-0.4, -0.2) is 51.9 Å². The second-order valence-corrected chi connectivity index (χ2v) is 12.3. The van der Waals surface area contributed by atoms with E-state index in [9.17, 15) is 28.3 Å².